The first kappa shape index (κ1) is 14.9. The number of hydrogen-bond acceptors (Lipinski definition) is 3. The predicted octanol–water partition coefficient (Wildman–Crippen LogP) is 3.06. The normalized spacial score (nSPS) is 28.8. The molecule has 3 atom stereocenters. The summed E-state index contributed by atoms with van der Waals surface area (Å²) in [7, 11) is 0. The molecule has 2 saturated heterocycles. The molecule has 1 aromatic carbocycles. The van der Waals surface area contributed by atoms with Crippen LogP contribution in [0.4, 0.5) is 5.69 Å². The van der Waals surface area contributed by atoms with E-state index in [1.165, 1.54) is 24.9 Å². The SMILES string of the molecule is C[C@H](N[C@@H]1C[C@@H](C)N(c2ccccc2)C1)C1CCOCC1. The van der Waals surface area contributed by atoms with Crippen molar-refractivity contribution in [2.24, 2.45) is 5.92 Å². The zero-order valence-corrected chi connectivity index (χ0v) is 13.3. The van der Waals surface area contributed by atoms with Gasteiger partial charge in [0.2, 0.25) is 0 Å². The van der Waals surface area contributed by atoms with E-state index in [0.717, 1.165) is 25.7 Å². The van der Waals surface area contributed by atoms with Gasteiger partial charge < -0.3 is 15.0 Å². The van der Waals surface area contributed by atoms with Crippen LogP contribution in [0.3, 0.4) is 0 Å². The summed E-state index contributed by atoms with van der Waals surface area (Å²) in [6.45, 7) is 7.69. The second kappa shape index (κ2) is 6.80. The van der Waals surface area contributed by atoms with Gasteiger partial charge >= 0.3 is 0 Å². The average molecular weight is 288 g/mol. The van der Waals surface area contributed by atoms with Crippen LogP contribution in [0, 0.1) is 5.92 Å². The van der Waals surface area contributed by atoms with Crippen molar-refractivity contribution in [1.29, 1.82) is 0 Å². The highest BCUT2D eigenvalue weighted by molar-refractivity contribution is 5.48. The third-order valence-electron chi connectivity index (χ3n) is 5.13. The highest BCUT2D eigenvalue weighted by Crippen LogP contribution is 2.26. The van der Waals surface area contributed by atoms with E-state index in [-0.39, 0.29) is 0 Å². The average Bonchev–Trinajstić information content (AvgIpc) is 2.89. The summed E-state index contributed by atoms with van der Waals surface area (Å²) in [5.41, 5.74) is 1.35. The molecule has 0 saturated carbocycles. The maximum Gasteiger partial charge on any atom is 0.0469 e. The van der Waals surface area contributed by atoms with Crippen molar-refractivity contribution in [3.8, 4) is 0 Å². The largest absolute Gasteiger partial charge is 0.381 e. The van der Waals surface area contributed by atoms with Gasteiger partial charge in [-0.05, 0) is 51.2 Å². The van der Waals surface area contributed by atoms with Crippen molar-refractivity contribution in [3.63, 3.8) is 0 Å². The lowest BCUT2D eigenvalue weighted by Crippen LogP contribution is -2.43. The maximum absolute atomic E-state index is 5.48. The summed E-state index contributed by atoms with van der Waals surface area (Å²) in [6, 6.07) is 12.6. The molecule has 0 radical (unpaired) electrons. The van der Waals surface area contributed by atoms with Crippen molar-refractivity contribution in [2.45, 2.75) is 51.2 Å². The molecule has 3 rings (SSSR count). The van der Waals surface area contributed by atoms with Crippen molar-refractivity contribution in [1.82, 2.24) is 5.32 Å². The van der Waals surface area contributed by atoms with Crippen LogP contribution in [0.5, 0.6) is 0 Å². The molecule has 2 fully saturated rings. The molecule has 0 amide bonds. The third kappa shape index (κ3) is 3.58. The number of nitrogens with zero attached hydrogens (tertiary/aromatic N) is 1. The van der Waals surface area contributed by atoms with Crippen molar-refractivity contribution in [2.75, 3.05) is 24.7 Å². The van der Waals surface area contributed by atoms with E-state index in [9.17, 15) is 0 Å². The summed E-state index contributed by atoms with van der Waals surface area (Å²) in [5.74, 6) is 0.778. The zero-order valence-electron chi connectivity index (χ0n) is 13.3. The maximum atomic E-state index is 5.48. The standard InChI is InChI=1S/C18H28N2O/c1-14-12-17(13-20(14)18-6-4-3-5-7-18)19-15(2)16-8-10-21-11-9-16/h3-7,14-17,19H,8-13H2,1-2H3/t14-,15+,17-/m1/s1. The Morgan fingerprint density at radius 1 is 1.19 bits per heavy atom. The summed E-state index contributed by atoms with van der Waals surface area (Å²) in [6.07, 6.45) is 3.65. The van der Waals surface area contributed by atoms with E-state index in [0.29, 0.717) is 18.1 Å². The van der Waals surface area contributed by atoms with E-state index in [4.69, 9.17) is 4.74 Å². The first-order valence-electron chi connectivity index (χ1n) is 8.39. The minimum absolute atomic E-state index is 0.599. The molecule has 3 nitrogen and oxygen atoms in total. The molecule has 0 spiro atoms. The van der Waals surface area contributed by atoms with E-state index in [1.807, 2.05) is 0 Å². The highest BCUT2D eigenvalue weighted by Gasteiger charge is 2.31. The second-order valence-corrected chi connectivity index (χ2v) is 6.67. The van der Waals surface area contributed by atoms with E-state index in [1.54, 1.807) is 0 Å². The summed E-state index contributed by atoms with van der Waals surface area (Å²) in [5, 5.41) is 3.88. The molecule has 0 aliphatic carbocycles. The van der Waals surface area contributed by atoms with Crippen molar-refractivity contribution >= 4 is 5.69 Å². The molecule has 1 N–H and O–H groups in total. The van der Waals surface area contributed by atoms with E-state index in [2.05, 4.69) is 54.4 Å². The number of para-hydroxylation sites is 1. The zero-order chi connectivity index (χ0) is 14.7. The molecule has 2 aliphatic heterocycles. The fourth-order valence-corrected chi connectivity index (χ4v) is 3.85. The smallest absolute Gasteiger partial charge is 0.0469 e. The van der Waals surface area contributed by atoms with Gasteiger partial charge in [0, 0.05) is 43.6 Å². The lowest BCUT2D eigenvalue weighted by atomic mass is 9.92. The van der Waals surface area contributed by atoms with Crippen LogP contribution in [0.2, 0.25) is 0 Å². The Labute approximate surface area is 128 Å². The van der Waals surface area contributed by atoms with Gasteiger partial charge in [0.05, 0.1) is 0 Å². The predicted molar refractivity (Wildman–Crippen MR) is 87.8 cm³/mol. The fraction of sp³-hybridized carbons (Fsp3) is 0.667. The highest BCUT2D eigenvalue weighted by atomic mass is 16.5. The van der Waals surface area contributed by atoms with Crippen LogP contribution in [-0.2, 0) is 4.74 Å². The quantitative estimate of drug-likeness (QED) is 0.921. The Hall–Kier alpha value is -1.06. The van der Waals surface area contributed by atoms with Gasteiger partial charge in [-0.25, -0.2) is 0 Å². The van der Waals surface area contributed by atoms with Crippen LogP contribution in [0.15, 0.2) is 30.3 Å². The Morgan fingerprint density at radius 3 is 2.62 bits per heavy atom. The minimum atomic E-state index is 0.599. The Morgan fingerprint density at radius 2 is 1.90 bits per heavy atom. The van der Waals surface area contributed by atoms with Gasteiger partial charge in [-0.15, -0.1) is 0 Å². The Balaban J connectivity index is 1.56. The van der Waals surface area contributed by atoms with Crippen molar-refractivity contribution in [3.05, 3.63) is 30.3 Å². The lowest BCUT2D eigenvalue weighted by Gasteiger charge is -2.30. The first-order valence-corrected chi connectivity index (χ1v) is 8.39. The number of rotatable bonds is 4. The van der Waals surface area contributed by atoms with Gasteiger partial charge in [0.25, 0.3) is 0 Å². The van der Waals surface area contributed by atoms with E-state index >= 15 is 0 Å². The molecule has 21 heavy (non-hydrogen) atoms. The molecule has 3 heteroatoms. The number of benzene rings is 1. The third-order valence-corrected chi connectivity index (χ3v) is 5.13. The second-order valence-electron chi connectivity index (χ2n) is 6.67. The molecule has 0 unspecified atom stereocenters. The van der Waals surface area contributed by atoms with Gasteiger partial charge in [0.15, 0.2) is 0 Å². The monoisotopic (exact) mass is 288 g/mol. The molecular weight excluding hydrogens is 260 g/mol. The van der Waals surface area contributed by atoms with Crippen molar-refractivity contribution < 1.29 is 4.74 Å². The number of hydrogen-bond donors (Lipinski definition) is 1. The number of anilines is 1. The molecule has 0 bridgehead atoms. The molecule has 2 heterocycles. The Kier molecular flexibility index (Phi) is 4.81. The van der Waals surface area contributed by atoms with Crippen LogP contribution >= 0.6 is 0 Å². The molecular formula is C18H28N2O. The Bertz CT molecular complexity index is 430. The van der Waals surface area contributed by atoms with Crippen LogP contribution < -0.4 is 10.2 Å². The van der Waals surface area contributed by atoms with Crippen LogP contribution in [0.25, 0.3) is 0 Å². The minimum Gasteiger partial charge on any atom is -0.381 e. The number of nitrogens with one attached hydrogen (secondary N) is 1. The number of ether oxygens (including phenoxy) is 1. The molecule has 116 valence electrons. The van der Waals surface area contributed by atoms with Gasteiger partial charge in [-0.3, -0.25) is 0 Å². The van der Waals surface area contributed by atoms with Crippen LogP contribution in [0.1, 0.15) is 33.1 Å². The van der Waals surface area contributed by atoms with Gasteiger partial charge in [0.1, 0.15) is 0 Å². The summed E-state index contributed by atoms with van der Waals surface area (Å²) in [4.78, 5) is 2.54. The van der Waals surface area contributed by atoms with Crippen LogP contribution in [-0.4, -0.2) is 37.9 Å². The van der Waals surface area contributed by atoms with E-state index < -0.39 is 0 Å². The molecule has 0 aromatic heterocycles. The lowest BCUT2D eigenvalue weighted by molar-refractivity contribution is 0.0547. The summed E-state index contributed by atoms with van der Waals surface area (Å²) < 4.78 is 5.48. The summed E-state index contributed by atoms with van der Waals surface area (Å²) >= 11 is 0. The molecule has 2 aliphatic rings. The van der Waals surface area contributed by atoms with Gasteiger partial charge in [-0.2, -0.15) is 0 Å². The molecule has 1 aromatic rings. The topological polar surface area (TPSA) is 24.5 Å². The van der Waals surface area contributed by atoms with Gasteiger partial charge in [-0.1, -0.05) is 18.2 Å². The fourth-order valence-electron chi connectivity index (χ4n) is 3.85. The first-order chi connectivity index (χ1) is 10.2.